The fourth-order valence-electron chi connectivity index (χ4n) is 4.76. The van der Waals surface area contributed by atoms with E-state index in [1.807, 2.05) is 42.5 Å². The number of aromatic nitrogens is 5. The van der Waals surface area contributed by atoms with Crippen LogP contribution >= 0.6 is 0 Å². The minimum atomic E-state index is 0.0665. The molecule has 6 heterocycles. The molecule has 0 bridgehead atoms. The van der Waals surface area contributed by atoms with Gasteiger partial charge in [0.25, 0.3) is 5.91 Å². The molecule has 0 aromatic carbocycles. The maximum Gasteiger partial charge on any atom is 0.257 e. The van der Waals surface area contributed by atoms with Gasteiger partial charge in [0.1, 0.15) is 5.65 Å². The highest BCUT2D eigenvalue weighted by atomic mass is 16.2. The quantitative estimate of drug-likeness (QED) is 0.437. The number of carbonyl (C=O) groups excluding carboxylic acids is 1. The van der Waals surface area contributed by atoms with Crippen LogP contribution in [0.3, 0.4) is 0 Å². The summed E-state index contributed by atoms with van der Waals surface area (Å²) in [6.07, 6.45) is 12.6. The summed E-state index contributed by atoms with van der Waals surface area (Å²) in [6.45, 7) is 3.65. The number of carbonyl (C=O) groups is 1. The molecule has 7 heteroatoms. The molecule has 7 nitrogen and oxygen atoms in total. The summed E-state index contributed by atoms with van der Waals surface area (Å²) in [7, 11) is 0. The predicted molar refractivity (Wildman–Crippen MR) is 128 cm³/mol. The summed E-state index contributed by atoms with van der Waals surface area (Å²) >= 11 is 0. The zero-order chi connectivity index (χ0) is 22.4. The number of aryl methyl sites for hydroxylation is 1. The SMILES string of the molecule is Cc1ncccc1-c1cnc2[nH]cc(-c3ccn4ncc(C(=O)N5CCCCC5)c4c3)c2c1. The summed E-state index contributed by atoms with van der Waals surface area (Å²) in [5, 5.41) is 5.46. The average molecular weight is 437 g/mol. The number of nitrogens with zero attached hydrogens (tertiary/aromatic N) is 5. The Morgan fingerprint density at radius 1 is 1.00 bits per heavy atom. The van der Waals surface area contributed by atoms with Gasteiger partial charge in [0.2, 0.25) is 0 Å². The minimum Gasteiger partial charge on any atom is -0.346 e. The lowest BCUT2D eigenvalue weighted by molar-refractivity contribution is 0.0726. The molecule has 164 valence electrons. The van der Waals surface area contributed by atoms with Crippen LogP contribution in [-0.2, 0) is 0 Å². The maximum atomic E-state index is 13.2. The van der Waals surface area contributed by atoms with Crippen LogP contribution in [0, 0.1) is 6.92 Å². The topological polar surface area (TPSA) is 79.2 Å². The molecule has 0 aliphatic carbocycles. The van der Waals surface area contributed by atoms with Gasteiger partial charge in [-0.3, -0.25) is 9.78 Å². The number of piperidine rings is 1. The zero-order valence-corrected chi connectivity index (χ0v) is 18.5. The first-order valence-electron chi connectivity index (χ1n) is 11.4. The standard InChI is InChI=1S/C26H24N6O/c1-17-20(6-5-8-27-17)19-12-21-22(15-29-25(21)28-14-19)18-7-11-32-24(13-18)23(16-30-32)26(33)31-9-3-2-4-10-31/h5-8,11-16H,2-4,9-10H2,1H3,(H,28,29). The Morgan fingerprint density at radius 3 is 2.73 bits per heavy atom. The van der Waals surface area contributed by atoms with Crippen molar-refractivity contribution in [3.63, 3.8) is 0 Å². The molecule has 1 saturated heterocycles. The van der Waals surface area contributed by atoms with Gasteiger partial charge in [-0.1, -0.05) is 6.07 Å². The second-order valence-electron chi connectivity index (χ2n) is 8.62. The van der Waals surface area contributed by atoms with Crippen molar-refractivity contribution in [3.05, 3.63) is 72.6 Å². The van der Waals surface area contributed by atoms with Crippen molar-refractivity contribution in [2.45, 2.75) is 26.2 Å². The van der Waals surface area contributed by atoms with Crippen molar-refractivity contribution in [1.82, 2.24) is 29.5 Å². The summed E-state index contributed by atoms with van der Waals surface area (Å²) in [6, 6.07) is 10.2. The molecular formula is C26H24N6O. The number of pyridine rings is 3. The van der Waals surface area contributed by atoms with E-state index in [0.29, 0.717) is 5.56 Å². The van der Waals surface area contributed by atoms with E-state index in [4.69, 9.17) is 0 Å². The Morgan fingerprint density at radius 2 is 1.88 bits per heavy atom. The fraction of sp³-hybridized carbons (Fsp3) is 0.231. The number of H-pyrrole nitrogens is 1. The van der Waals surface area contributed by atoms with Gasteiger partial charge < -0.3 is 9.88 Å². The van der Waals surface area contributed by atoms with Crippen LogP contribution < -0.4 is 0 Å². The van der Waals surface area contributed by atoms with Crippen molar-refractivity contribution in [3.8, 4) is 22.3 Å². The molecule has 6 rings (SSSR count). The van der Waals surface area contributed by atoms with Crippen LogP contribution in [0.1, 0.15) is 35.3 Å². The number of hydrogen-bond acceptors (Lipinski definition) is 4. The summed E-state index contributed by atoms with van der Waals surface area (Å²) in [5.41, 5.74) is 7.43. The molecule has 0 unspecified atom stereocenters. The van der Waals surface area contributed by atoms with Crippen molar-refractivity contribution in [2.75, 3.05) is 13.1 Å². The first kappa shape index (κ1) is 19.7. The van der Waals surface area contributed by atoms with Gasteiger partial charge in [0.05, 0.1) is 17.3 Å². The van der Waals surface area contributed by atoms with E-state index in [2.05, 4.69) is 38.2 Å². The summed E-state index contributed by atoms with van der Waals surface area (Å²) in [5.74, 6) is 0.0665. The van der Waals surface area contributed by atoms with Gasteiger partial charge in [-0.2, -0.15) is 5.10 Å². The molecule has 0 spiro atoms. The lowest BCUT2D eigenvalue weighted by atomic mass is 10.0. The van der Waals surface area contributed by atoms with Crippen molar-refractivity contribution in [1.29, 1.82) is 0 Å². The average Bonchev–Trinajstić information content (AvgIpc) is 3.48. The van der Waals surface area contributed by atoms with Crippen LogP contribution in [0.15, 0.2) is 61.3 Å². The normalized spacial score (nSPS) is 14.3. The van der Waals surface area contributed by atoms with Gasteiger partial charge in [-0.05, 0) is 56.0 Å². The van der Waals surface area contributed by atoms with Crippen LogP contribution in [0.25, 0.3) is 38.8 Å². The number of nitrogens with one attached hydrogen (secondary N) is 1. The lowest BCUT2D eigenvalue weighted by Crippen LogP contribution is -2.35. The molecule has 1 fully saturated rings. The molecule has 33 heavy (non-hydrogen) atoms. The Kier molecular flexibility index (Phi) is 4.68. The summed E-state index contributed by atoms with van der Waals surface area (Å²) < 4.78 is 1.78. The molecule has 0 saturated carbocycles. The Bertz CT molecular complexity index is 1490. The van der Waals surface area contributed by atoms with E-state index in [0.717, 1.165) is 70.4 Å². The number of aromatic amines is 1. The molecule has 0 atom stereocenters. The third kappa shape index (κ3) is 3.36. The first-order valence-corrected chi connectivity index (χ1v) is 11.4. The molecule has 5 aromatic heterocycles. The molecule has 1 aliphatic rings. The van der Waals surface area contributed by atoms with Crippen molar-refractivity contribution < 1.29 is 4.79 Å². The second kappa shape index (κ2) is 7.85. The van der Waals surface area contributed by atoms with E-state index in [-0.39, 0.29) is 5.91 Å². The molecule has 1 N–H and O–H groups in total. The van der Waals surface area contributed by atoms with E-state index in [1.54, 1.807) is 16.9 Å². The molecule has 1 amide bonds. The highest BCUT2D eigenvalue weighted by Crippen LogP contribution is 2.32. The highest BCUT2D eigenvalue weighted by Gasteiger charge is 2.22. The number of rotatable bonds is 3. The smallest absolute Gasteiger partial charge is 0.257 e. The van der Waals surface area contributed by atoms with Gasteiger partial charge in [0.15, 0.2) is 0 Å². The maximum absolute atomic E-state index is 13.2. The monoisotopic (exact) mass is 436 g/mol. The van der Waals surface area contributed by atoms with E-state index in [9.17, 15) is 4.79 Å². The van der Waals surface area contributed by atoms with Crippen molar-refractivity contribution in [2.24, 2.45) is 0 Å². The van der Waals surface area contributed by atoms with Crippen molar-refractivity contribution >= 4 is 22.5 Å². The number of likely N-dealkylation sites (tertiary alicyclic amines) is 1. The molecule has 1 aliphatic heterocycles. The lowest BCUT2D eigenvalue weighted by Gasteiger charge is -2.26. The Hall–Kier alpha value is -4.00. The molecule has 5 aromatic rings. The zero-order valence-electron chi connectivity index (χ0n) is 18.5. The highest BCUT2D eigenvalue weighted by molar-refractivity contribution is 6.02. The van der Waals surface area contributed by atoms with Gasteiger partial charge in [-0.25, -0.2) is 9.50 Å². The van der Waals surface area contributed by atoms with E-state index in [1.165, 1.54) is 6.42 Å². The van der Waals surface area contributed by atoms with Crippen LogP contribution in [0.2, 0.25) is 0 Å². The second-order valence-corrected chi connectivity index (χ2v) is 8.62. The minimum absolute atomic E-state index is 0.0665. The summed E-state index contributed by atoms with van der Waals surface area (Å²) in [4.78, 5) is 27.5. The largest absolute Gasteiger partial charge is 0.346 e. The molecular weight excluding hydrogens is 412 g/mol. The Labute approximate surface area is 191 Å². The Balaban J connectivity index is 1.44. The molecule has 0 radical (unpaired) electrons. The third-order valence-electron chi connectivity index (χ3n) is 6.56. The first-order chi connectivity index (χ1) is 16.2. The van der Waals surface area contributed by atoms with E-state index >= 15 is 0 Å². The predicted octanol–water partition coefficient (Wildman–Crippen LogP) is 4.87. The number of hydrogen-bond donors (Lipinski definition) is 1. The number of amides is 1. The van der Waals surface area contributed by atoms with Gasteiger partial charge >= 0.3 is 0 Å². The van der Waals surface area contributed by atoms with Crippen LogP contribution in [0.4, 0.5) is 0 Å². The third-order valence-corrected chi connectivity index (χ3v) is 6.56. The van der Waals surface area contributed by atoms with Gasteiger partial charge in [-0.15, -0.1) is 0 Å². The number of fused-ring (bicyclic) bond motifs is 2. The van der Waals surface area contributed by atoms with Gasteiger partial charge in [0, 0.05) is 65.6 Å². The van der Waals surface area contributed by atoms with Crippen LogP contribution in [-0.4, -0.2) is 48.5 Å². The van der Waals surface area contributed by atoms with Crippen LogP contribution in [0.5, 0.6) is 0 Å². The fourth-order valence-corrected chi connectivity index (χ4v) is 4.76. The van der Waals surface area contributed by atoms with E-state index < -0.39 is 0 Å².